The molecule has 0 spiro atoms. The summed E-state index contributed by atoms with van der Waals surface area (Å²) in [5.41, 5.74) is 4.10. The van der Waals surface area contributed by atoms with Gasteiger partial charge in [-0.15, -0.1) is 0 Å². The number of unbranched alkanes of at least 4 members (excludes halogenated alkanes) is 1. The Bertz CT molecular complexity index is 231. The molecule has 0 radical (unpaired) electrons. The van der Waals surface area contributed by atoms with E-state index in [1.165, 1.54) is 25.7 Å². The van der Waals surface area contributed by atoms with E-state index in [9.17, 15) is 0 Å². The number of hydrogen-bond donors (Lipinski definition) is 1. The standard InChI is InChI=1S/C13H27N3/c1-6-7-8-11(2)9-10-12(3)15-16-13(4)14-5/h11H,6-10H2,1-5H3,(H,14,16)/b15-12+. The number of nitrogens with one attached hydrogen (secondary N) is 1. The fourth-order valence-electron chi connectivity index (χ4n) is 1.43. The summed E-state index contributed by atoms with van der Waals surface area (Å²) in [6, 6.07) is 0. The summed E-state index contributed by atoms with van der Waals surface area (Å²) in [7, 11) is 1.76. The van der Waals surface area contributed by atoms with Gasteiger partial charge in [0.05, 0.1) is 0 Å². The number of hydrogen-bond acceptors (Lipinski definition) is 2. The van der Waals surface area contributed by atoms with Gasteiger partial charge in [0.1, 0.15) is 5.84 Å². The van der Waals surface area contributed by atoms with Crippen LogP contribution in [0.3, 0.4) is 0 Å². The highest BCUT2D eigenvalue weighted by molar-refractivity contribution is 5.85. The van der Waals surface area contributed by atoms with Crippen LogP contribution in [0.25, 0.3) is 0 Å². The number of nitrogens with zero attached hydrogens (tertiary/aromatic N) is 2. The van der Waals surface area contributed by atoms with E-state index < -0.39 is 0 Å². The Morgan fingerprint density at radius 2 is 1.94 bits per heavy atom. The lowest BCUT2D eigenvalue weighted by Gasteiger charge is -2.10. The Kier molecular flexibility index (Phi) is 8.87. The van der Waals surface area contributed by atoms with Crippen LogP contribution in [0.4, 0.5) is 0 Å². The summed E-state index contributed by atoms with van der Waals surface area (Å²) in [6.45, 7) is 8.56. The normalized spacial score (nSPS) is 15.1. The van der Waals surface area contributed by atoms with E-state index in [2.05, 4.69) is 36.3 Å². The number of aliphatic imine (C=N–C) groups is 1. The van der Waals surface area contributed by atoms with Crippen molar-refractivity contribution < 1.29 is 0 Å². The smallest absolute Gasteiger partial charge is 0.113 e. The maximum absolute atomic E-state index is 4.28. The molecule has 0 saturated heterocycles. The minimum atomic E-state index is 0.811. The second kappa shape index (κ2) is 9.37. The molecule has 0 aromatic rings. The molecule has 0 saturated carbocycles. The molecule has 0 rings (SSSR count). The minimum absolute atomic E-state index is 0.811. The van der Waals surface area contributed by atoms with Crippen LogP contribution in [-0.4, -0.2) is 18.6 Å². The maximum atomic E-state index is 4.28. The van der Waals surface area contributed by atoms with Crippen molar-refractivity contribution in [3.05, 3.63) is 0 Å². The topological polar surface area (TPSA) is 36.8 Å². The first kappa shape index (κ1) is 15.1. The third kappa shape index (κ3) is 8.45. The van der Waals surface area contributed by atoms with Gasteiger partial charge in [0.15, 0.2) is 0 Å². The average Bonchev–Trinajstić information content (AvgIpc) is 2.30. The average molecular weight is 225 g/mol. The summed E-state index contributed by atoms with van der Waals surface area (Å²) in [4.78, 5) is 3.99. The predicted octanol–water partition coefficient (Wildman–Crippen LogP) is 3.61. The van der Waals surface area contributed by atoms with Gasteiger partial charge in [0.2, 0.25) is 0 Å². The van der Waals surface area contributed by atoms with Crippen molar-refractivity contribution in [1.29, 1.82) is 0 Å². The van der Waals surface area contributed by atoms with E-state index in [-0.39, 0.29) is 0 Å². The molecule has 0 aromatic heterocycles. The van der Waals surface area contributed by atoms with E-state index in [0.717, 1.165) is 23.9 Å². The van der Waals surface area contributed by atoms with Gasteiger partial charge < -0.3 is 0 Å². The largest absolute Gasteiger partial charge is 0.275 e. The molecule has 0 aliphatic rings. The number of rotatable bonds is 7. The second-order valence-electron chi connectivity index (χ2n) is 4.55. The van der Waals surface area contributed by atoms with Crippen LogP contribution in [0.2, 0.25) is 0 Å². The zero-order valence-corrected chi connectivity index (χ0v) is 11.5. The molecular weight excluding hydrogens is 198 g/mol. The first-order valence-electron chi connectivity index (χ1n) is 6.32. The molecule has 3 nitrogen and oxygen atoms in total. The van der Waals surface area contributed by atoms with Gasteiger partial charge in [0.25, 0.3) is 0 Å². The molecule has 0 bridgehead atoms. The van der Waals surface area contributed by atoms with Crippen LogP contribution in [0.5, 0.6) is 0 Å². The summed E-state index contributed by atoms with van der Waals surface area (Å²) in [6.07, 6.45) is 6.29. The minimum Gasteiger partial charge on any atom is -0.275 e. The van der Waals surface area contributed by atoms with Crippen LogP contribution in [0.1, 0.15) is 59.8 Å². The van der Waals surface area contributed by atoms with Crippen molar-refractivity contribution in [3.63, 3.8) is 0 Å². The lowest BCUT2D eigenvalue weighted by atomic mass is 9.98. The van der Waals surface area contributed by atoms with Gasteiger partial charge in [-0.3, -0.25) is 10.4 Å². The zero-order valence-electron chi connectivity index (χ0n) is 11.5. The molecule has 0 heterocycles. The van der Waals surface area contributed by atoms with Crippen LogP contribution in [-0.2, 0) is 0 Å². The van der Waals surface area contributed by atoms with Crippen LogP contribution in [0.15, 0.2) is 10.1 Å². The van der Waals surface area contributed by atoms with E-state index in [1.807, 2.05) is 6.92 Å². The van der Waals surface area contributed by atoms with Crippen molar-refractivity contribution in [1.82, 2.24) is 5.43 Å². The van der Waals surface area contributed by atoms with E-state index >= 15 is 0 Å². The lowest BCUT2D eigenvalue weighted by Crippen LogP contribution is -2.15. The van der Waals surface area contributed by atoms with Gasteiger partial charge in [-0.25, -0.2) is 0 Å². The van der Waals surface area contributed by atoms with Crippen LogP contribution < -0.4 is 5.43 Å². The van der Waals surface area contributed by atoms with Crippen LogP contribution in [0, 0.1) is 5.92 Å². The molecule has 0 aliphatic carbocycles. The molecule has 94 valence electrons. The molecule has 0 amide bonds. The zero-order chi connectivity index (χ0) is 12.4. The summed E-state index contributed by atoms with van der Waals surface area (Å²) >= 11 is 0. The van der Waals surface area contributed by atoms with E-state index in [0.29, 0.717) is 0 Å². The third-order valence-corrected chi connectivity index (χ3v) is 2.79. The summed E-state index contributed by atoms with van der Waals surface area (Å²) in [5.74, 6) is 1.67. The van der Waals surface area contributed by atoms with Gasteiger partial charge >= 0.3 is 0 Å². The van der Waals surface area contributed by atoms with E-state index in [4.69, 9.17) is 0 Å². The molecule has 16 heavy (non-hydrogen) atoms. The molecule has 1 unspecified atom stereocenters. The first-order valence-corrected chi connectivity index (χ1v) is 6.32. The molecule has 0 fully saturated rings. The highest BCUT2D eigenvalue weighted by Gasteiger charge is 2.02. The monoisotopic (exact) mass is 225 g/mol. The van der Waals surface area contributed by atoms with Crippen molar-refractivity contribution >= 4 is 11.5 Å². The molecule has 0 aliphatic heterocycles. The molecular formula is C13H27N3. The van der Waals surface area contributed by atoms with E-state index in [1.54, 1.807) is 7.05 Å². The molecule has 0 aromatic carbocycles. The Morgan fingerprint density at radius 3 is 2.50 bits per heavy atom. The fourth-order valence-corrected chi connectivity index (χ4v) is 1.43. The van der Waals surface area contributed by atoms with Gasteiger partial charge in [-0.05, 0) is 32.6 Å². The number of hydrazone groups is 1. The predicted molar refractivity (Wildman–Crippen MR) is 73.2 cm³/mol. The highest BCUT2D eigenvalue weighted by Crippen LogP contribution is 2.13. The SMILES string of the molecule is CCCCC(C)CC/C(C)=N/NC(C)=NC. The van der Waals surface area contributed by atoms with Gasteiger partial charge in [-0.1, -0.05) is 33.1 Å². The first-order chi connectivity index (χ1) is 7.60. The summed E-state index contributed by atoms with van der Waals surface area (Å²) < 4.78 is 0. The van der Waals surface area contributed by atoms with Crippen molar-refractivity contribution in [2.75, 3.05) is 7.05 Å². The summed E-state index contributed by atoms with van der Waals surface area (Å²) in [5, 5.41) is 4.28. The Labute approximate surface area is 100 Å². The highest BCUT2D eigenvalue weighted by atomic mass is 15.3. The van der Waals surface area contributed by atoms with Crippen molar-refractivity contribution in [2.24, 2.45) is 16.0 Å². The second-order valence-corrected chi connectivity index (χ2v) is 4.55. The van der Waals surface area contributed by atoms with Crippen LogP contribution >= 0.6 is 0 Å². The molecule has 1 atom stereocenters. The molecule has 3 heteroatoms. The third-order valence-electron chi connectivity index (χ3n) is 2.79. The van der Waals surface area contributed by atoms with Crippen molar-refractivity contribution in [3.8, 4) is 0 Å². The van der Waals surface area contributed by atoms with Crippen molar-refractivity contribution in [2.45, 2.75) is 59.8 Å². The molecule has 1 N–H and O–H groups in total. The Morgan fingerprint density at radius 1 is 1.25 bits per heavy atom. The van der Waals surface area contributed by atoms with Gasteiger partial charge in [-0.2, -0.15) is 5.10 Å². The maximum Gasteiger partial charge on any atom is 0.113 e. The van der Waals surface area contributed by atoms with Gasteiger partial charge in [0, 0.05) is 12.8 Å². The number of amidine groups is 1. The fraction of sp³-hybridized carbons (Fsp3) is 0.846. The Hall–Kier alpha value is -0.860. The quantitative estimate of drug-likeness (QED) is 0.401. The lowest BCUT2D eigenvalue weighted by molar-refractivity contribution is 0.480. The Balaban J connectivity index is 3.74.